The molecule has 0 aliphatic carbocycles. The van der Waals surface area contributed by atoms with Gasteiger partial charge in [0.1, 0.15) is 11.8 Å². The van der Waals surface area contributed by atoms with E-state index in [1.807, 2.05) is 36.4 Å². The van der Waals surface area contributed by atoms with E-state index < -0.39 is 0 Å². The number of anilines is 1. The molecule has 0 saturated heterocycles. The Bertz CT molecular complexity index is 1450. The molecule has 30 heavy (non-hydrogen) atoms. The minimum atomic E-state index is -0.269. The Morgan fingerprint density at radius 3 is 2.63 bits per heavy atom. The molecule has 0 amide bonds. The zero-order valence-electron chi connectivity index (χ0n) is 17.3. The number of para-hydroxylation sites is 2. The number of nitriles is 1. The first kappa shape index (κ1) is 19.5. The molecule has 0 saturated carbocycles. The molecule has 0 radical (unpaired) electrons. The summed E-state index contributed by atoms with van der Waals surface area (Å²) in [5, 5.41) is 23.4. The SMILES string of the molecule is Cc1c(C#N)c2nc3ccccc3n2c(=O)/c1=C\Nc1cc(C(C)(C)C)ccc1O. The largest absolute Gasteiger partial charge is 0.506 e. The lowest BCUT2D eigenvalue weighted by Crippen LogP contribution is -2.34. The lowest BCUT2D eigenvalue weighted by Gasteiger charge is -2.20. The predicted molar refractivity (Wildman–Crippen MR) is 119 cm³/mol. The summed E-state index contributed by atoms with van der Waals surface area (Å²) in [6.45, 7) is 8.00. The monoisotopic (exact) mass is 398 g/mol. The Balaban J connectivity index is 1.96. The molecule has 6 heteroatoms. The molecule has 2 N–H and O–H groups in total. The van der Waals surface area contributed by atoms with Gasteiger partial charge in [-0.05, 0) is 47.7 Å². The molecule has 2 heterocycles. The van der Waals surface area contributed by atoms with Gasteiger partial charge in [-0.3, -0.25) is 9.20 Å². The van der Waals surface area contributed by atoms with Crippen molar-refractivity contribution in [1.29, 1.82) is 5.26 Å². The van der Waals surface area contributed by atoms with Crippen LogP contribution in [0.4, 0.5) is 5.69 Å². The zero-order chi connectivity index (χ0) is 21.6. The third-order valence-corrected chi connectivity index (χ3v) is 5.34. The zero-order valence-corrected chi connectivity index (χ0v) is 17.3. The van der Waals surface area contributed by atoms with Crippen LogP contribution in [0.1, 0.15) is 37.5 Å². The van der Waals surface area contributed by atoms with Crippen molar-refractivity contribution >= 4 is 28.6 Å². The molecule has 150 valence electrons. The summed E-state index contributed by atoms with van der Waals surface area (Å²) < 4.78 is 1.47. The molecular formula is C24H22N4O2. The fourth-order valence-electron chi connectivity index (χ4n) is 3.55. The second-order valence-electron chi connectivity index (χ2n) is 8.36. The number of imidazole rings is 1. The third-order valence-electron chi connectivity index (χ3n) is 5.34. The van der Waals surface area contributed by atoms with Gasteiger partial charge in [-0.15, -0.1) is 0 Å². The summed E-state index contributed by atoms with van der Waals surface area (Å²) in [6.07, 6.45) is 1.55. The molecule has 6 nitrogen and oxygen atoms in total. The first-order valence-corrected chi connectivity index (χ1v) is 9.66. The van der Waals surface area contributed by atoms with Crippen molar-refractivity contribution in [3.05, 3.63) is 74.7 Å². The second kappa shape index (κ2) is 6.89. The molecule has 2 aromatic heterocycles. The van der Waals surface area contributed by atoms with Crippen LogP contribution in [0.2, 0.25) is 0 Å². The first-order chi connectivity index (χ1) is 14.2. The Morgan fingerprint density at radius 2 is 1.93 bits per heavy atom. The van der Waals surface area contributed by atoms with E-state index in [-0.39, 0.29) is 16.7 Å². The number of nitrogens with one attached hydrogen (secondary N) is 1. The van der Waals surface area contributed by atoms with Gasteiger partial charge in [0, 0.05) is 6.20 Å². The van der Waals surface area contributed by atoms with Gasteiger partial charge in [-0.1, -0.05) is 39.0 Å². The number of aromatic hydroxyl groups is 1. The molecule has 0 spiro atoms. The Morgan fingerprint density at radius 1 is 1.20 bits per heavy atom. The molecule has 0 fully saturated rings. The standard InChI is InChI=1S/C24H22N4O2/c1-14-16(12-25)22-27-18-7-5-6-8-20(18)28(22)23(30)17(14)13-26-19-11-15(24(2,3)4)9-10-21(19)29/h5-11,13,26,29H,1-4H3/b17-13-. The van der Waals surface area contributed by atoms with E-state index in [1.165, 1.54) is 4.40 Å². The van der Waals surface area contributed by atoms with Crippen LogP contribution in [0.3, 0.4) is 0 Å². The van der Waals surface area contributed by atoms with Crippen LogP contribution >= 0.6 is 0 Å². The van der Waals surface area contributed by atoms with E-state index >= 15 is 0 Å². The van der Waals surface area contributed by atoms with Crippen LogP contribution in [-0.4, -0.2) is 14.5 Å². The minimum Gasteiger partial charge on any atom is -0.506 e. The number of rotatable bonds is 2. The molecule has 0 unspecified atom stereocenters. The van der Waals surface area contributed by atoms with Crippen molar-refractivity contribution in [3.8, 4) is 11.8 Å². The normalized spacial score (nSPS) is 12.4. The summed E-state index contributed by atoms with van der Waals surface area (Å²) in [5.74, 6) is 0.0824. The van der Waals surface area contributed by atoms with Crippen LogP contribution in [-0.2, 0) is 5.41 Å². The van der Waals surface area contributed by atoms with Gasteiger partial charge < -0.3 is 10.4 Å². The van der Waals surface area contributed by atoms with Crippen LogP contribution in [0.5, 0.6) is 5.75 Å². The maximum Gasteiger partial charge on any atom is 0.265 e. The van der Waals surface area contributed by atoms with Crippen LogP contribution < -0.4 is 16.1 Å². The summed E-state index contributed by atoms with van der Waals surface area (Å²) in [4.78, 5) is 17.8. The van der Waals surface area contributed by atoms with Crippen molar-refractivity contribution in [3.63, 3.8) is 0 Å². The van der Waals surface area contributed by atoms with Gasteiger partial charge in [0.05, 0.1) is 27.5 Å². The van der Waals surface area contributed by atoms with Crippen molar-refractivity contribution in [2.24, 2.45) is 0 Å². The summed E-state index contributed by atoms with van der Waals surface area (Å²) >= 11 is 0. The lowest BCUT2D eigenvalue weighted by molar-refractivity contribution is 0.476. The molecule has 4 rings (SSSR count). The highest BCUT2D eigenvalue weighted by molar-refractivity contribution is 5.82. The number of fused-ring (bicyclic) bond motifs is 3. The maximum absolute atomic E-state index is 13.3. The number of phenols is 1. The van der Waals surface area contributed by atoms with Crippen molar-refractivity contribution in [1.82, 2.24) is 9.38 Å². The first-order valence-electron chi connectivity index (χ1n) is 9.66. The molecule has 0 aliphatic rings. The fraction of sp³-hybridized carbons (Fsp3) is 0.208. The number of hydrogen-bond donors (Lipinski definition) is 2. The van der Waals surface area contributed by atoms with Gasteiger partial charge >= 0.3 is 0 Å². The molecular weight excluding hydrogens is 376 g/mol. The van der Waals surface area contributed by atoms with E-state index in [1.54, 1.807) is 19.2 Å². The topological polar surface area (TPSA) is 90.4 Å². The van der Waals surface area contributed by atoms with E-state index in [0.29, 0.717) is 38.7 Å². The van der Waals surface area contributed by atoms with Crippen LogP contribution in [0.15, 0.2) is 47.3 Å². The van der Waals surface area contributed by atoms with Crippen molar-refractivity contribution in [2.45, 2.75) is 33.1 Å². The van der Waals surface area contributed by atoms with Crippen molar-refractivity contribution < 1.29 is 5.11 Å². The van der Waals surface area contributed by atoms with Gasteiger partial charge in [0.25, 0.3) is 5.56 Å². The predicted octanol–water partition coefficient (Wildman–Crippen LogP) is 3.60. The molecule has 0 aliphatic heterocycles. The number of benzene rings is 2. The Kier molecular flexibility index (Phi) is 4.47. The number of pyridine rings is 1. The maximum atomic E-state index is 13.3. The van der Waals surface area contributed by atoms with E-state index in [0.717, 1.165) is 5.56 Å². The number of hydrogen-bond acceptors (Lipinski definition) is 5. The minimum absolute atomic E-state index is 0.0824. The van der Waals surface area contributed by atoms with Gasteiger partial charge in [0.2, 0.25) is 0 Å². The summed E-state index contributed by atoms with van der Waals surface area (Å²) in [7, 11) is 0. The Hall–Kier alpha value is -3.85. The molecule has 0 atom stereocenters. The van der Waals surface area contributed by atoms with Crippen LogP contribution in [0.25, 0.3) is 22.9 Å². The van der Waals surface area contributed by atoms with E-state index in [2.05, 4.69) is 37.1 Å². The fourth-order valence-corrected chi connectivity index (χ4v) is 3.55. The average molecular weight is 398 g/mol. The quantitative estimate of drug-likeness (QED) is 0.504. The highest BCUT2D eigenvalue weighted by atomic mass is 16.3. The number of aromatic nitrogens is 2. The Labute approximate surface area is 173 Å². The number of phenolic OH excluding ortho intramolecular Hbond substituents is 1. The third kappa shape index (κ3) is 3.05. The van der Waals surface area contributed by atoms with Gasteiger partial charge in [0.15, 0.2) is 5.65 Å². The smallest absolute Gasteiger partial charge is 0.265 e. The summed E-state index contributed by atoms with van der Waals surface area (Å²) in [6, 6.07) is 14.9. The molecule has 2 aromatic carbocycles. The van der Waals surface area contributed by atoms with E-state index in [4.69, 9.17) is 0 Å². The van der Waals surface area contributed by atoms with Gasteiger partial charge in [-0.2, -0.15) is 5.26 Å². The van der Waals surface area contributed by atoms with Gasteiger partial charge in [-0.25, -0.2) is 4.98 Å². The van der Waals surface area contributed by atoms with Crippen molar-refractivity contribution in [2.75, 3.05) is 5.32 Å². The summed E-state index contributed by atoms with van der Waals surface area (Å²) in [5.41, 5.74) is 3.75. The van der Waals surface area contributed by atoms with E-state index in [9.17, 15) is 15.2 Å². The second-order valence-corrected chi connectivity index (χ2v) is 8.36. The molecule has 4 aromatic rings. The number of nitrogens with zero attached hydrogens (tertiary/aromatic N) is 3. The molecule has 0 bridgehead atoms. The highest BCUT2D eigenvalue weighted by Crippen LogP contribution is 2.30. The average Bonchev–Trinajstić information content (AvgIpc) is 3.08. The van der Waals surface area contributed by atoms with Crippen LogP contribution in [0, 0.1) is 18.3 Å². The highest BCUT2D eigenvalue weighted by Gasteiger charge is 2.17. The lowest BCUT2D eigenvalue weighted by atomic mass is 9.87.